The first kappa shape index (κ1) is 11.7. The standard InChI is InChI=1S/C13H17ClO2/c1-13(2)8-7-12(16-13)9-15-11-5-3-10(14)4-6-11/h3-6,12H,7-9H2,1-2H3. The first-order valence-corrected chi connectivity index (χ1v) is 5.99. The Labute approximate surface area is 102 Å². The predicted molar refractivity (Wildman–Crippen MR) is 65.1 cm³/mol. The van der Waals surface area contributed by atoms with Gasteiger partial charge in [0.2, 0.25) is 0 Å². The van der Waals surface area contributed by atoms with Crippen molar-refractivity contribution < 1.29 is 9.47 Å². The highest BCUT2D eigenvalue weighted by atomic mass is 35.5. The zero-order valence-corrected chi connectivity index (χ0v) is 10.5. The van der Waals surface area contributed by atoms with Crippen LogP contribution in [0.2, 0.25) is 5.02 Å². The molecule has 0 radical (unpaired) electrons. The van der Waals surface area contributed by atoms with Gasteiger partial charge in [0, 0.05) is 5.02 Å². The molecule has 1 aliphatic rings. The van der Waals surface area contributed by atoms with Gasteiger partial charge in [-0.2, -0.15) is 0 Å². The first-order chi connectivity index (χ1) is 7.55. The molecule has 16 heavy (non-hydrogen) atoms. The molecule has 0 saturated carbocycles. The van der Waals surface area contributed by atoms with Crippen molar-refractivity contribution in [1.82, 2.24) is 0 Å². The Balaban J connectivity index is 1.82. The van der Waals surface area contributed by atoms with Crippen LogP contribution in [0.1, 0.15) is 26.7 Å². The zero-order chi connectivity index (χ0) is 11.6. The second-order valence-corrected chi connectivity index (χ2v) is 5.24. The zero-order valence-electron chi connectivity index (χ0n) is 9.70. The molecule has 2 rings (SSSR count). The topological polar surface area (TPSA) is 18.5 Å². The van der Waals surface area contributed by atoms with E-state index >= 15 is 0 Å². The number of hydrogen-bond donors (Lipinski definition) is 0. The Morgan fingerprint density at radius 1 is 1.38 bits per heavy atom. The minimum atomic E-state index is 0.00796. The fraction of sp³-hybridized carbons (Fsp3) is 0.538. The lowest BCUT2D eigenvalue weighted by atomic mass is 10.1. The summed E-state index contributed by atoms with van der Waals surface area (Å²) in [5.74, 6) is 0.845. The van der Waals surface area contributed by atoms with E-state index in [0.717, 1.165) is 23.6 Å². The minimum Gasteiger partial charge on any atom is -0.491 e. The van der Waals surface area contributed by atoms with Gasteiger partial charge in [-0.05, 0) is 51.0 Å². The van der Waals surface area contributed by atoms with Crippen LogP contribution in [0, 0.1) is 0 Å². The molecule has 0 aromatic heterocycles. The Bertz CT molecular complexity index is 345. The molecule has 1 unspecified atom stereocenters. The van der Waals surface area contributed by atoms with E-state index in [1.54, 1.807) is 0 Å². The molecule has 0 amide bonds. The highest BCUT2D eigenvalue weighted by Gasteiger charge is 2.31. The molecule has 0 spiro atoms. The van der Waals surface area contributed by atoms with Crippen LogP contribution in [0.25, 0.3) is 0 Å². The number of hydrogen-bond acceptors (Lipinski definition) is 2. The molecule has 0 N–H and O–H groups in total. The van der Waals surface area contributed by atoms with Crippen molar-refractivity contribution in [1.29, 1.82) is 0 Å². The molecule has 1 heterocycles. The van der Waals surface area contributed by atoms with E-state index < -0.39 is 0 Å². The first-order valence-electron chi connectivity index (χ1n) is 5.61. The molecule has 3 heteroatoms. The van der Waals surface area contributed by atoms with E-state index in [1.165, 1.54) is 0 Å². The van der Waals surface area contributed by atoms with Crippen LogP contribution in [0.5, 0.6) is 5.75 Å². The number of ether oxygens (including phenoxy) is 2. The summed E-state index contributed by atoms with van der Waals surface area (Å²) in [6.07, 6.45) is 2.38. The summed E-state index contributed by atoms with van der Waals surface area (Å²) in [5.41, 5.74) is 0.00796. The van der Waals surface area contributed by atoms with E-state index in [0.29, 0.717) is 6.61 Å². The molecule has 1 atom stereocenters. The van der Waals surface area contributed by atoms with Crippen molar-refractivity contribution in [3.63, 3.8) is 0 Å². The van der Waals surface area contributed by atoms with Gasteiger partial charge in [-0.25, -0.2) is 0 Å². The van der Waals surface area contributed by atoms with Crippen LogP contribution in [-0.4, -0.2) is 18.3 Å². The molecule has 0 aliphatic carbocycles. The van der Waals surface area contributed by atoms with Crippen LogP contribution >= 0.6 is 11.6 Å². The average Bonchev–Trinajstić information content (AvgIpc) is 2.58. The lowest BCUT2D eigenvalue weighted by molar-refractivity contribution is -0.0326. The molecule has 1 aliphatic heterocycles. The normalized spacial score (nSPS) is 23.3. The van der Waals surface area contributed by atoms with Gasteiger partial charge < -0.3 is 9.47 Å². The van der Waals surface area contributed by atoms with Crippen molar-refractivity contribution in [2.45, 2.75) is 38.4 Å². The summed E-state index contributed by atoms with van der Waals surface area (Å²) in [5, 5.41) is 0.727. The average molecular weight is 241 g/mol. The van der Waals surface area contributed by atoms with Crippen molar-refractivity contribution in [2.24, 2.45) is 0 Å². The fourth-order valence-electron chi connectivity index (χ4n) is 1.91. The largest absolute Gasteiger partial charge is 0.491 e. The van der Waals surface area contributed by atoms with Gasteiger partial charge in [-0.15, -0.1) is 0 Å². The van der Waals surface area contributed by atoms with Crippen LogP contribution in [0.15, 0.2) is 24.3 Å². The van der Waals surface area contributed by atoms with Gasteiger partial charge in [0.25, 0.3) is 0 Å². The summed E-state index contributed by atoms with van der Waals surface area (Å²) in [6.45, 7) is 4.86. The van der Waals surface area contributed by atoms with Crippen LogP contribution in [0.3, 0.4) is 0 Å². The van der Waals surface area contributed by atoms with E-state index in [2.05, 4.69) is 13.8 Å². The maximum absolute atomic E-state index is 5.84. The quantitative estimate of drug-likeness (QED) is 0.803. The third-order valence-corrected chi connectivity index (χ3v) is 3.06. The third-order valence-electron chi connectivity index (χ3n) is 2.80. The van der Waals surface area contributed by atoms with Crippen LogP contribution < -0.4 is 4.74 Å². The molecule has 88 valence electrons. The monoisotopic (exact) mass is 240 g/mol. The second kappa shape index (κ2) is 4.64. The Hall–Kier alpha value is -0.730. The summed E-state index contributed by atoms with van der Waals surface area (Å²) < 4.78 is 11.5. The Morgan fingerprint density at radius 3 is 2.62 bits per heavy atom. The van der Waals surface area contributed by atoms with Gasteiger partial charge >= 0.3 is 0 Å². The lowest BCUT2D eigenvalue weighted by Gasteiger charge is -2.19. The van der Waals surface area contributed by atoms with E-state index in [1.807, 2.05) is 24.3 Å². The SMILES string of the molecule is CC1(C)CCC(COc2ccc(Cl)cc2)O1. The van der Waals surface area contributed by atoms with Gasteiger partial charge in [0.15, 0.2) is 0 Å². The summed E-state index contributed by atoms with van der Waals surface area (Å²) >= 11 is 5.80. The van der Waals surface area contributed by atoms with Crippen LogP contribution in [0.4, 0.5) is 0 Å². The molecule has 0 bridgehead atoms. The molecule has 1 fully saturated rings. The number of rotatable bonds is 3. The molecule has 1 aromatic rings. The van der Waals surface area contributed by atoms with E-state index in [9.17, 15) is 0 Å². The maximum Gasteiger partial charge on any atom is 0.119 e. The maximum atomic E-state index is 5.84. The minimum absolute atomic E-state index is 0.00796. The van der Waals surface area contributed by atoms with Crippen molar-refractivity contribution in [2.75, 3.05) is 6.61 Å². The van der Waals surface area contributed by atoms with Gasteiger partial charge in [-0.1, -0.05) is 11.6 Å². The molecule has 1 saturated heterocycles. The summed E-state index contributed by atoms with van der Waals surface area (Å²) in [6, 6.07) is 7.41. The highest BCUT2D eigenvalue weighted by molar-refractivity contribution is 6.30. The van der Waals surface area contributed by atoms with Gasteiger partial charge in [0.05, 0.1) is 11.7 Å². The third kappa shape index (κ3) is 3.13. The Morgan fingerprint density at radius 2 is 2.06 bits per heavy atom. The molecule has 2 nitrogen and oxygen atoms in total. The summed E-state index contributed by atoms with van der Waals surface area (Å²) in [4.78, 5) is 0. The predicted octanol–water partition coefficient (Wildman–Crippen LogP) is 3.68. The summed E-state index contributed by atoms with van der Waals surface area (Å²) in [7, 11) is 0. The van der Waals surface area contributed by atoms with Gasteiger partial charge in [0.1, 0.15) is 12.4 Å². The second-order valence-electron chi connectivity index (χ2n) is 4.80. The lowest BCUT2D eigenvalue weighted by Crippen LogP contribution is -2.23. The van der Waals surface area contributed by atoms with Crippen molar-refractivity contribution in [3.8, 4) is 5.75 Å². The number of halogens is 1. The van der Waals surface area contributed by atoms with E-state index in [-0.39, 0.29) is 11.7 Å². The molecular weight excluding hydrogens is 224 g/mol. The van der Waals surface area contributed by atoms with Gasteiger partial charge in [-0.3, -0.25) is 0 Å². The molecular formula is C13H17ClO2. The fourth-order valence-corrected chi connectivity index (χ4v) is 2.04. The van der Waals surface area contributed by atoms with Crippen LogP contribution in [-0.2, 0) is 4.74 Å². The van der Waals surface area contributed by atoms with Crippen molar-refractivity contribution in [3.05, 3.63) is 29.3 Å². The molecule has 1 aromatic carbocycles. The Kier molecular flexibility index (Phi) is 3.41. The van der Waals surface area contributed by atoms with Crippen molar-refractivity contribution >= 4 is 11.6 Å². The highest BCUT2D eigenvalue weighted by Crippen LogP contribution is 2.29. The number of benzene rings is 1. The smallest absolute Gasteiger partial charge is 0.119 e. The van der Waals surface area contributed by atoms with E-state index in [4.69, 9.17) is 21.1 Å².